The van der Waals surface area contributed by atoms with E-state index < -0.39 is 0 Å². The number of fused-ring (bicyclic) bond motifs is 2. The van der Waals surface area contributed by atoms with Crippen LogP contribution in [0.25, 0.3) is 0 Å². The lowest BCUT2D eigenvalue weighted by Gasteiger charge is -2.35. The lowest BCUT2D eigenvalue weighted by molar-refractivity contribution is -0.125. The van der Waals surface area contributed by atoms with Crippen molar-refractivity contribution in [1.82, 2.24) is 5.32 Å². The Bertz CT molecular complexity index is 789. The topological polar surface area (TPSA) is 51.5 Å². The van der Waals surface area contributed by atoms with Crippen molar-refractivity contribution < 1.29 is 13.9 Å². The first-order valence-corrected chi connectivity index (χ1v) is 9.86. The lowest BCUT2D eigenvalue weighted by atomic mass is 9.74. The standard InChI is InChI=1S/C20H25NO3S/c1-12-8-14-15(10-20(2,3)11-17(14)24-12)21-18(22)9-16-19-13(4-6-23-16)5-7-25-19/h5,7-8,15-16H,4,6,9-11H2,1-3H3,(H,21,22). The molecule has 134 valence electrons. The Morgan fingerprint density at radius 3 is 3.12 bits per heavy atom. The molecule has 2 aromatic heterocycles. The van der Waals surface area contributed by atoms with Gasteiger partial charge >= 0.3 is 0 Å². The first-order valence-electron chi connectivity index (χ1n) is 8.98. The fourth-order valence-electron chi connectivity index (χ4n) is 4.11. The van der Waals surface area contributed by atoms with E-state index in [1.165, 1.54) is 10.4 Å². The van der Waals surface area contributed by atoms with Crippen molar-refractivity contribution in [1.29, 1.82) is 0 Å². The maximum absolute atomic E-state index is 12.7. The highest BCUT2D eigenvalue weighted by atomic mass is 32.1. The Hall–Kier alpha value is -1.59. The number of thiophene rings is 1. The van der Waals surface area contributed by atoms with E-state index in [4.69, 9.17) is 9.15 Å². The SMILES string of the molecule is Cc1cc2c(o1)CC(C)(C)CC2NC(=O)CC1OCCc2ccsc21. The Morgan fingerprint density at radius 1 is 1.44 bits per heavy atom. The molecule has 4 nitrogen and oxygen atoms in total. The van der Waals surface area contributed by atoms with Crippen molar-refractivity contribution in [3.8, 4) is 0 Å². The van der Waals surface area contributed by atoms with E-state index in [0.717, 1.165) is 36.3 Å². The van der Waals surface area contributed by atoms with Gasteiger partial charge in [-0.25, -0.2) is 0 Å². The van der Waals surface area contributed by atoms with Crippen LogP contribution in [0.2, 0.25) is 0 Å². The van der Waals surface area contributed by atoms with E-state index in [1.54, 1.807) is 11.3 Å². The zero-order chi connectivity index (χ0) is 17.6. The summed E-state index contributed by atoms with van der Waals surface area (Å²) in [6.07, 6.45) is 3.08. The molecule has 0 saturated carbocycles. The van der Waals surface area contributed by atoms with E-state index >= 15 is 0 Å². The molecular formula is C20H25NO3S. The van der Waals surface area contributed by atoms with Gasteiger partial charge < -0.3 is 14.5 Å². The Balaban J connectivity index is 1.48. The molecule has 0 fully saturated rings. The minimum atomic E-state index is -0.106. The van der Waals surface area contributed by atoms with Gasteiger partial charge in [-0.2, -0.15) is 0 Å². The molecule has 1 amide bonds. The van der Waals surface area contributed by atoms with Crippen molar-refractivity contribution in [3.05, 3.63) is 45.0 Å². The van der Waals surface area contributed by atoms with Gasteiger partial charge in [0.05, 0.1) is 19.1 Å². The minimum absolute atomic E-state index is 0.0232. The van der Waals surface area contributed by atoms with Gasteiger partial charge in [-0.3, -0.25) is 4.79 Å². The zero-order valence-corrected chi connectivity index (χ0v) is 15.9. The van der Waals surface area contributed by atoms with E-state index in [2.05, 4.69) is 36.7 Å². The number of hydrogen-bond donors (Lipinski definition) is 1. The Kier molecular flexibility index (Phi) is 4.24. The lowest BCUT2D eigenvalue weighted by Crippen LogP contribution is -2.36. The van der Waals surface area contributed by atoms with E-state index in [9.17, 15) is 4.79 Å². The van der Waals surface area contributed by atoms with Gasteiger partial charge in [-0.05, 0) is 48.3 Å². The molecule has 0 bridgehead atoms. The maximum atomic E-state index is 12.7. The number of furan rings is 1. The van der Waals surface area contributed by atoms with Crippen molar-refractivity contribution in [2.75, 3.05) is 6.61 Å². The maximum Gasteiger partial charge on any atom is 0.223 e. The molecule has 4 rings (SSSR count). The molecule has 3 heterocycles. The molecule has 0 aromatic carbocycles. The first-order chi connectivity index (χ1) is 11.9. The summed E-state index contributed by atoms with van der Waals surface area (Å²) in [4.78, 5) is 13.9. The molecule has 0 saturated heterocycles. The summed E-state index contributed by atoms with van der Waals surface area (Å²) in [5, 5.41) is 5.33. The molecule has 0 spiro atoms. The minimum Gasteiger partial charge on any atom is -0.466 e. The molecule has 2 aromatic rings. The van der Waals surface area contributed by atoms with Crippen LogP contribution in [0.5, 0.6) is 0 Å². The van der Waals surface area contributed by atoms with Crippen molar-refractivity contribution in [2.45, 2.75) is 58.6 Å². The van der Waals surface area contributed by atoms with Crippen LogP contribution < -0.4 is 5.32 Å². The number of aryl methyl sites for hydroxylation is 1. The van der Waals surface area contributed by atoms with Crippen molar-refractivity contribution in [2.24, 2.45) is 5.41 Å². The van der Waals surface area contributed by atoms with Crippen LogP contribution in [0, 0.1) is 12.3 Å². The van der Waals surface area contributed by atoms with Crippen LogP contribution in [0.3, 0.4) is 0 Å². The monoisotopic (exact) mass is 359 g/mol. The van der Waals surface area contributed by atoms with Crippen LogP contribution in [0.1, 0.15) is 66.4 Å². The molecule has 2 unspecified atom stereocenters. The predicted molar refractivity (Wildman–Crippen MR) is 97.8 cm³/mol. The van der Waals surface area contributed by atoms with Gasteiger partial charge in [0.15, 0.2) is 0 Å². The summed E-state index contributed by atoms with van der Waals surface area (Å²) in [5.41, 5.74) is 2.60. The summed E-state index contributed by atoms with van der Waals surface area (Å²) >= 11 is 1.69. The zero-order valence-electron chi connectivity index (χ0n) is 15.1. The summed E-state index contributed by atoms with van der Waals surface area (Å²) in [6, 6.07) is 4.25. The highest BCUT2D eigenvalue weighted by molar-refractivity contribution is 7.10. The number of amides is 1. The highest BCUT2D eigenvalue weighted by Gasteiger charge is 2.36. The normalized spacial score (nSPS) is 24.4. The molecule has 2 atom stereocenters. The highest BCUT2D eigenvalue weighted by Crippen LogP contribution is 2.42. The quantitative estimate of drug-likeness (QED) is 0.879. The molecule has 1 aliphatic carbocycles. The van der Waals surface area contributed by atoms with Crippen LogP contribution in [-0.2, 0) is 22.4 Å². The molecular weight excluding hydrogens is 334 g/mol. The van der Waals surface area contributed by atoms with Gasteiger partial charge in [-0.15, -0.1) is 11.3 Å². The Labute approximate surface area is 152 Å². The fraction of sp³-hybridized carbons (Fsp3) is 0.550. The molecule has 1 aliphatic heterocycles. The average molecular weight is 359 g/mol. The third-order valence-electron chi connectivity index (χ3n) is 5.21. The number of rotatable bonds is 3. The van der Waals surface area contributed by atoms with E-state index in [0.29, 0.717) is 13.0 Å². The van der Waals surface area contributed by atoms with Gasteiger partial charge in [0, 0.05) is 16.9 Å². The first kappa shape index (κ1) is 16.9. The molecule has 5 heteroatoms. The van der Waals surface area contributed by atoms with Crippen LogP contribution in [0.4, 0.5) is 0 Å². The molecule has 25 heavy (non-hydrogen) atoms. The van der Waals surface area contributed by atoms with Gasteiger partial charge in [0.2, 0.25) is 5.91 Å². The Morgan fingerprint density at radius 2 is 2.28 bits per heavy atom. The average Bonchev–Trinajstić information content (AvgIpc) is 3.12. The van der Waals surface area contributed by atoms with Crippen LogP contribution in [0.15, 0.2) is 21.9 Å². The van der Waals surface area contributed by atoms with Crippen LogP contribution in [-0.4, -0.2) is 12.5 Å². The smallest absolute Gasteiger partial charge is 0.223 e. The van der Waals surface area contributed by atoms with Crippen molar-refractivity contribution in [3.63, 3.8) is 0 Å². The van der Waals surface area contributed by atoms with Crippen molar-refractivity contribution >= 4 is 17.2 Å². The van der Waals surface area contributed by atoms with E-state index in [1.807, 2.05) is 6.92 Å². The largest absolute Gasteiger partial charge is 0.466 e. The second kappa shape index (κ2) is 6.29. The summed E-state index contributed by atoms with van der Waals surface area (Å²) in [5.74, 6) is 1.99. The summed E-state index contributed by atoms with van der Waals surface area (Å²) in [7, 11) is 0. The summed E-state index contributed by atoms with van der Waals surface area (Å²) < 4.78 is 11.7. The molecule has 2 aliphatic rings. The third kappa shape index (κ3) is 3.40. The van der Waals surface area contributed by atoms with Crippen LogP contribution >= 0.6 is 11.3 Å². The summed E-state index contributed by atoms with van der Waals surface area (Å²) in [6.45, 7) is 7.13. The van der Waals surface area contributed by atoms with Gasteiger partial charge in [0.1, 0.15) is 17.6 Å². The van der Waals surface area contributed by atoms with Gasteiger partial charge in [-0.1, -0.05) is 13.8 Å². The number of nitrogens with one attached hydrogen (secondary N) is 1. The number of carbonyl (C=O) groups excluding carboxylic acids is 1. The predicted octanol–water partition coefficient (Wildman–Crippen LogP) is 4.48. The number of hydrogen-bond acceptors (Lipinski definition) is 4. The number of carbonyl (C=O) groups is 1. The molecule has 1 N–H and O–H groups in total. The fourth-order valence-corrected chi connectivity index (χ4v) is 5.11. The second-order valence-corrected chi connectivity index (χ2v) is 8.97. The van der Waals surface area contributed by atoms with Gasteiger partial charge in [0.25, 0.3) is 0 Å². The third-order valence-corrected chi connectivity index (χ3v) is 6.26. The number of ether oxygens (including phenoxy) is 1. The van der Waals surface area contributed by atoms with E-state index in [-0.39, 0.29) is 23.5 Å². The molecule has 0 radical (unpaired) electrons. The second-order valence-electron chi connectivity index (χ2n) is 8.02.